The van der Waals surface area contributed by atoms with Crippen LogP contribution in [0.3, 0.4) is 0 Å². The lowest BCUT2D eigenvalue weighted by Gasteiger charge is -2.29. The fourth-order valence-corrected chi connectivity index (χ4v) is 4.43. The molecule has 182 valence electrons. The Morgan fingerprint density at radius 3 is 2.09 bits per heavy atom. The molecule has 12 nitrogen and oxygen atoms in total. The first-order valence-electron chi connectivity index (χ1n) is 9.52. The van der Waals surface area contributed by atoms with Crippen LogP contribution < -0.4 is 14.8 Å². The number of hydrogen-bond acceptors (Lipinski definition) is 10. The van der Waals surface area contributed by atoms with E-state index in [1.165, 1.54) is 38.1 Å². The van der Waals surface area contributed by atoms with Crippen molar-refractivity contribution in [3.8, 4) is 5.75 Å². The molecule has 3 rings (SSSR count). The Balaban J connectivity index is 1.83. The smallest absolute Gasteiger partial charge is 0.350 e. The molecule has 0 aromatic heterocycles. The van der Waals surface area contributed by atoms with Gasteiger partial charge in [-0.25, -0.2) is 26.4 Å². The molecule has 34 heavy (non-hydrogen) atoms. The number of nitrogens with one attached hydrogen (secondary N) is 3. The summed E-state index contributed by atoms with van der Waals surface area (Å²) < 4.78 is 62.9. The SMILES string of the molecule is CC1(C)OC(=O)C(=CNc2cc(S(=O)(=O)Nc3cccc(NS(C)(=O)=O)c3)ccc2O)C(=O)O1. The van der Waals surface area contributed by atoms with Crippen molar-refractivity contribution in [2.45, 2.75) is 24.5 Å². The van der Waals surface area contributed by atoms with Gasteiger partial charge < -0.3 is 19.9 Å². The predicted molar refractivity (Wildman–Crippen MR) is 122 cm³/mol. The molecule has 1 aliphatic rings. The van der Waals surface area contributed by atoms with E-state index < -0.39 is 43.3 Å². The van der Waals surface area contributed by atoms with Gasteiger partial charge in [0.15, 0.2) is 5.57 Å². The van der Waals surface area contributed by atoms with E-state index in [9.17, 15) is 31.5 Å². The van der Waals surface area contributed by atoms with Crippen molar-refractivity contribution in [1.82, 2.24) is 0 Å². The van der Waals surface area contributed by atoms with E-state index in [0.29, 0.717) is 0 Å². The van der Waals surface area contributed by atoms with Crippen LogP contribution in [0.5, 0.6) is 5.75 Å². The zero-order chi connectivity index (χ0) is 25.3. The second-order valence-electron chi connectivity index (χ2n) is 7.62. The molecule has 2 aromatic rings. The lowest BCUT2D eigenvalue weighted by atomic mass is 10.2. The van der Waals surface area contributed by atoms with Crippen molar-refractivity contribution in [2.24, 2.45) is 0 Å². The minimum absolute atomic E-state index is 0.0775. The summed E-state index contributed by atoms with van der Waals surface area (Å²) >= 11 is 0. The topological polar surface area (TPSA) is 177 Å². The Kier molecular flexibility index (Phi) is 6.48. The second-order valence-corrected chi connectivity index (χ2v) is 11.1. The Bertz CT molecular complexity index is 1380. The second kappa shape index (κ2) is 8.87. The molecule has 0 atom stereocenters. The molecule has 1 heterocycles. The number of rotatable bonds is 7. The van der Waals surface area contributed by atoms with Crippen molar-refractivity contribution in [2.75, 3.05) is 21.0 Å². The van der Waals surface area contributed by atoms with Crippen LogP contribution in [0, 0.1) is 0 Å². The first kappa shape index (κ1) is 24.9. The predicted octanol–water partition coefficient (Wildman–Crippen LogP) is 1.70. The molecule has 0 saturated carbocycles. The van der Waals surface area contributed by atoms with Crippen molar-refractivity contribution in [1.29, 1.82) is 0 Å². The third kappa shape index (κ3) is 6.17. The number of esters is 2. The Morgan fingerprint density at radius 2 is 1.50 bits per heavy atom. The van der Waals surface area contributed by atoms with E-state index in [-0.39, 0.29) is 27.7 Å². The highest BCUT2D eigenvalue weighted by Gasteiger charge is 2.39. The van der Waals surface area contributed by atoms with E-state index in [1.807, 2.05) is 0 Å². The van der Waals surface area contributed by atoms with E-state index in [4.69, 9.17) is 9.47 Å². The largest absolute Gasteiger partial charge is 0.506 e. The molecule has 0 unspecified atom stereocenters. The minimum Gasteiger partial charge on any atom is -0.506 e. The molecule has 1 aliphatic heterocycles. The first-order valence-corrected chi connectivity index (χ1v) is 12.9. The number of cyclic esters (lactones) is 2. The van der Waals surface area contributed by atoms with Crippen LogP contribution in [-0.4, -0.2) is 45.9 Å². The summed E-state index contributed by atoms with van der Waals surface area (Å²) in [6, 6.07) is 8.87. The molecule has 0 amide bonds. The number of aromatic hydroxyl groups is 1. The monoisotopic (exact) mass is 511 g/mol. The maximum absolute atomic E-state index is 12.8. The fourth-order valence-electron chi connectivity index (χ4n) is 2.80. The highest BCUT2D eigenvalue weighted by molar-refractivity contribution is 7.92. The third-order valence-electron chi connectivity index (χ3n) is 4.19. The van der Waals surface area contributed by atoms with Gasteiger partial charge in [-0.3, -0.25) is 9.44 Å². The number of anilines is 3. The number of benzene rings is 2. The molecule has 0 spiro atoms. The molecular formula is C20H21N3O9S2. The zero-order valence-corrected chi connectivity index (χ0v) is 19.8. The number of phenols is 1. The number of ether oxygens (including phenoxy) is 2. The first-order chi connectivity index (χ1) is 15.7. The van der Waals surface area contributed by atoms with Crippen LogP contribution in [-0.2, 0) is 39.1 Å². The molecule has 1 saturated heterocycles. The Labute approximate surface area is 195 Å². The summed E-state index contributed by atoms with van der Waals surface area (Å²) in [5, 5.41) is 12.6. The van der Waals surface area contributed by atoms with Crippen LogP contribution in [0.2, 0.25) is 0 Å². The Morgan fingerprint density at radius 1 is 0.912 bits per heavy atom. The number of phenolic OH excluding ortho intramolecular Hbond substituents is 1. The van der Waals surface area contributed by atoms with Gasteiger partial charge in [-0.05, 0) is 36.4 Å². The summed E-state index contributed by atoms with van der Waals surface area (Å²) in [6.07, 6.45) is 1.89. The van der Waals surface area contributed by atoms with E-state index in [0.717, 1.165) is 30.7 Å². The zero-order valence-electron chi connectivity index (χ0n) is 18.1. The molecule has 0 radical (unpaired) electrons. The maximum atomic E-state index is 12.8. The van der Waals surface area contributed by atoms with Crippen LogP contribution in [0.4, 0.5) is 17.1 Å². The minimum atomic E-state index is -4.18. The van der Waals surface area contributed by atoms with Crippen molar-refractivity contribution in [3.63, 3.8) is 0 Å². The summed E-state index contributed by atoms with van der Waals surface area (Å²) in [4.78, 5) is 23.8. The molecule has 2 aromatic carbocycles. The van der Waals surface area contributed by atoms with Crippen LogP contribution in [0.15, 0.2) is 59.1 Å². The maximum Gasteiger partial charge on any atom is 0.350 e. The third-order valence-corrected chi connectivity index (χ3v) is 6.17. The van der Waals surface area contributed by atoms with Gasteiger partial charge in [-0.1, -0.05) is 6.07 Å². The number of sulfonamides is 2. The summed E-state index contributed by atoms with van der Waals surface area (Å²) in [5.74, 6) is -3.71. The highest BCUT2D eigenvalue weighted by Crippen LogP contribution is 2.29. The number of carbonyl (C=O) groups is 2. The van der Waals surface area contributed by atoms with Gasteiger partial charge >= 0.3 is 11.9 Å². The van der Waals surface area contributed by atoms with Gasteiger partial charge in [0.1, 0.15) is 5.75 Å². The number of carbonyl (C=O) groups excluding carboxylic acids is 2. The van der Waals surface area contributed by atoms with Crippen molar-refractivity contribution >= 4 is 49.0 Å². The quantitative estimate of drug-likeness (QED) is 0.185. The van der Waals surface area contributed by atoms with Gasteiger partial charge in [0.25, 0.3) is 15.8 Å². The lowest BCUT2D eigenvalue weighted by molar-refractivity contribution is -0.222. The fraction of sp³-hybridized carbons (Fsp3) is 0.200. The summed E-state index contributed by atoms with van der Waals surface area (Å²) in [6.45, 7) is 2.76. The van der Waals surface area contributed by atoms with Gasteiger partial charge in [-0.15, -0.1) is 0 Å². The number of hydrogen-bond donors (Lipinski definition) is 4. The lowest BCUT2D eigenvalue weighted by Crippen LogP contribution is -2.42. The summed E-state index contributed by atoms with van der Waals surface area (Å²) in [7, 11) is -7.74. The molecule has 14 heteroatoms. The van der Waals surface area contributed by atoms with Crippen molar-refractivity contribution < 1.29 is 41.0 Å². The van der Waals surface area contributed by atoms with Crippen LogP contribution in [0.25, 0.3) is 0 Å². The molecule has 0 aliphatic carbocycles. The van der Waals surface area contributed by atoms with Gasteiger partial charge in [-0.2, -0.15) is 0 Å². The Hall–Kier alpha value is -3.78. The average molecular weight is 512 g/mol. The van der Waals surface area contributed by atoms with Crippen LogP contribution in [0.1, 0.15) is 13.8 Å². The average Bonchev–Trinajstić information content (AvgIpc) is 2.66. The molecule has 1 fully saturated rings. The van der Waals surface area contributed by atoms with Gasteiger partial charge in [0.05, 0.1) is 28.2 Å². The normalized spacial score (nSPS) is 15.7. The van der Waals surface area contributed by atoms with E-state index >= 15 is 0 Å². The standard InChI is InChI=1S/C20H21N3O9S2/c1-20(2)31-18(25)15(19(26)32-20)11-21-16-10-14(7-8-17(16)24)34(29,30)23-13-6-4-5-12(9-13)22-33(3,27)28/h4-11,21-24H,1-3H3. The highest BCUT2D eigenvalue weighted by atomic mass is 32.2. The molecular weight excluding hydrogens is 490 g/mol. The van der Waals surface area contributed by atoms with E-state index in [1.54, 1.807) is 0 Å². The van der Waals surface area contributed by atoms with E-state index in [2.05, 4.69) is 14.8 Å². The van der Waals surface area contributed by atoms with Gasteiger partial charge in [0.2, 0.25) is 10.0 Å². The van der Waals surface area contributed by atoms with Crippen molar-refractivity contribution in [3.05, 3.63) is 54.2 Å². The molecule has 0 bridgehead atoms. The summed E-state index contributed by atoms with van der Waals surface area (Å²) in [5.41, 5.74) is -0.390. The van der Waals surface area contributed by atoms with Gasteiger partial charge in [0, 0.05) is 20.0 Å². The van der Waals surface area contributed by atoms with Crippen LogP contribution >= 0.6 is 0 Å². The molecule has 4 N–H and O–H groups in total.